The van der Waals surface area contributed by atoms with Gasteiger partial charge in [-0.15, -0.1) is 0 Å². The molecule has 6 nitrogen and oxygen atoms in total. The van der Waals surface area contributed by atoms with Crippen molar-refractivity contribution in [2.24, 2.45) is 0 Å². The van der Waals surface area contributed by atoms with E-state index >= 15 is 0 Å². The Bertz CT molecular complexity index is 743. The van der Waals surface area contributed by atoms with Crippen LogP contribution in [0.5, 0.6) is 0 Å². The van der Waals surface area contributed by atoms with Gasteiger partial charge >= 0.3 is 0 Å². The summed E-state index contributed by atoms with van der Waals surface area (Å²) in [5.74, 6) is 0.526. The molecule has 0 heterocycles. The van der Waals surface area contributed by atoms with E-state index in [0.717, 1.165) is 11.4 Å². The normalized spacial score (nSPS) is 11.2. The van der Waals surface area contributed by atoms with Crippen LogP contribution in [0.25, 0.3) is 0 Å². The van der Waals surface area contributed by atoms with Gasteiger partial charge in [-0.1, -0.05) is 58.9 Å². The molecular weight excluding hydrogens is 416 g/mol. The van der Waals surface area contributed by atoms with Crippen molar-refractivity contribution in [2.45, 2.75) is 46.0 Å². The minimum Gasteiger partial charge on any atom is -0.395 e. The summed E-state index contributed by atoms with van der Waals surface area (Å²) in [5.41, 5.74) is 4.83. The van der Waals surface area contributed by atoms with Crippen molar-refractivity contribution < 1.29 is 20.4 Å². The first-order chi connectivity index (χ1) is 15.7. The Kier molecular flexibility index (Phi) is 13.1. The lowest BCUT2D eigenvalue weighted by molar-refractivity contribution is 0.280. The topological polar surface area (TPSA) is 87.4 Å². The lowest BCUT2D eigenvalue weighted by atomic mass is 9.87. The van der Waals surface area contributed by atoms with E-state index in [0.29, 0.717) is 32.1 Å². The van der Waals surface area contributed by atoms with Crippen LogP contribution in [0.15, 0.2) is 48.5 Å². The predicted molar refractivity (Wildman–Crippen MR) is 138 cm³/mol. The molecule has 0 saturated heterocycles. The van der Waals surface area contributed by atoms with Gasteiger partial charge in [-0.2, -0.15) is 0 Å². The zero-order valence-electron chi connectivity index (χ0n) is 21.0. The second-order valence-electron chi connectivity index (χ2n) is 9.41. The molecule has 6 heteroatoms. The summed E-state index contributed by atoms with van der Waals surface area (Å²) in [5, 5.41) is 35.9. The molecule has 0 fully saturated rings. The van der Waals surface area contributed by atoms with Gasteiger partial charge in [0.15, 0.2) is 0 Å². The van der Waals surface area contributed by atoms with Crippen LogP contribution >= 0.6 is 0 Å². The number of aliphatic hydroxyl groups is 4. The monoisotopic (exact) mass is 460 g/mol. The molecule has 2 aromatic carbocycles. The summed E-state index contributed by atoms with van der Waals surface area (Å²) in [6.45, 7) is 13.5. The fraction of sp³-hybridized carbons (Fsp3) is 0.556. The van der Waals surface area contributed by atoms with E-state index in [4.69, 9.17) is 20.4 Å². The highest BCUT2D eigenvalue weighted by Crippen LogP contribution is 2.25. The number of aliphatic hydroxyl groups excluding tert-OH is 4. The predicted octanol–water partition coefficient (Wildman–Crippen LogP) is 3.38. The molecule has 0 bridgehead atoms. The molecule has 0 spiro atoms. The lowest BCUT2D eigenvalue weighted by Crippen LogP contribution is -2.29. The highest BCUT2D eigenvalue weighted by Gasteiger charge is 2.14. The molecule has 33 heavy (non-hydrogen) atoms. The molecule has 0 aliphatic heterocycles. The number of benzene rings is 2. The highest BCUT2D eigenvalue weighted by molar-refractivity contribution is 5.49. The van der Waals surface area contributed by atoms with Crippen LogP contribution in [0, 0.1) is 0 Å². The van der Waals surface area contributed by atoms with E-state index in [9.17, 15) is 0 Å². The highest BCUT2D eigenvalue weighted by atomic mass is 16.3. The van der Waals surface area contributed by atoms with Gasteiger partial charge in [0.2, 0.25) is 0 Å². The summed E-state index contributed by atoms with van der Waals surface area (Å²) in [7, 11) is 0. The van der Waals surface area contributed by atoms with Gasteiger partial charge in [-0.05, 0) is 46.7 Å². The van der Waals surface area contributed by atoms with Crippen molar-refractivity contribution in [1.29, 1.82) is 0 Å². The second kappa shape index (κ2) is 14.9. The first kappa shape index (κ1) is 28.9. The van der Waals surface area contributed by atoms with Crippen LogP contribution in [-0.4, -0.2) is 73.0 Å². The van der Waals surface area contributed by atoms with Gasteiger partial charge in [0.1, 0.15) is 0 Å². The molecule has 0 aromatic heterocycles. The quantitative estimate of drug-likeness (QED) is 0.411. The van der Waals surface area contributed by atoms with Crippen molar-refractivity contribution in [2.75, 3.05) is 62.4 Å². The molecule has 0 amide bonds. The average Bonchev–Trinajstić information content (AvgIpc) is 2.79. The van der Waals surface area contributed by atoms with Crippen LogP contribution in [0.2, 0.25) is 0 Å². The van der Waals surface area contributed by atoms with E-state index in [2.05, 4.69) is 58.9 Å². The second-order valence-corrected chi connectivity index (χ2v) is 9.41. The van der Waals surface area contributed by atoms with Gasteiger partial charge in [0.05, 0.1) is 26.4 Å². The molecule has 0 saturated carbocycles. The zero-order chi connectivity index (χ0) is 24.9. The summed E-state index contributed by atoms with van der Waals surface area (Å²) in [6, 6.07) is 16.6. The van der Waals surface area contributed by atoms with Crippen LogP contribution < -0.4 is 9.80 Å². The summed E-state index contributed by atoms with van der Waals surface area (Å²) in [6.07, 6.45) is 0. The minimum absolute atomic E-state index is 0.0982. The fourth-order valence-electron chi connectivity index (χ4n) is 3.47. The molecule has 2 aromatic rings. The Balaban J connectivity index is 0.000000331. The number of anilines is 2. The molecule has 0 aliphatic carbocycles. The Morgan fingerprint density at radius 1 is 0.606 bits per heavy atom. The maximum atomic E-state index is 8.99. The molecule has 0 aliphatic rings. The third-order valence-electron chi connectivity index (χ3n) is 5.50. The largest absolute Gasteiger partial charge is 0.395 e. The average molecular weight is 461 g/mol. The molecule has 0 atom stereocenters. The number of hydrogen-bond donors (Lipinski definition) is 4. The SMILES string of the molecule is CC(C)(C)c1ccc(N(CCO)CCO)cc1.CC(C)c1ccc(N(CCO)CCO)cc1. The maximum Gasteiger partial charge on any atom is 0.0606 e. The van der Waals surface area contributed by atoms with Crippen LogP contribution in [0.3, 0.4) is 0 Å². The third kappa shape index (κ3) is 10.1. The van der Waals surface area contributed by atoms with Crippen molar-refractivity contribution >= 4 is 11.4 Å². The lowest BCUT2D eigenvalue weighted by Gasteiger charge is -2.25. The van der Waals surface area contributed by atoms with Crippen molar-refractivity contribution in [3.8, 4) is 0 Å². The zero-order valence-corrected chi connectivity index (χ0v) is 21.0. The van der Waals surface area contributed by atoms with Gasteiger partial charge in [0, 0.05) is 37.6 Å². The standard InChI is InChI=1S/C14H23NO2.C13H21NO2/c1-14(2,3)12-4-6-13(7-5-12)15(8-10-16)9-11-17;1-11(2)12-3-5-13(6-4-12)14(7-9-15)8-10-16/h4-7,16-17H,8-11H2,1-3H3;3-6,11,15-16H,7-10H2,1-2H3. The van der Waals surface area contributed by atoms with E-state index in [1.165, 1.54) is 11.1 Å². The van der Waals surface area contributed by atoms with Crippen molar-refractivity contribution in [3.05, 3.63) is 59.7 Å². The van der Waals surface area contributed by atoms with Gasteiger partial charge in [0.25, 0.3) is 0 Å². The summed E-state index contributed by atoms with van der Waals surface area (Å²) >= 11 is 0. The number of rotatable bonds is 11. The first-order valence-electron chi connectivity index (χ1n) is 11.8. The Morgan fingerprint density at radius 3 is 1.21 bits per heavy atom. The molecule has 0 radical (unpaired) electrons. The molecule has 2 rings (SSSR count). The van der Waals surface area contributed by atoms with Crippen molar-refractivity contribution in [1.82, 2.24) is 0 Å². The maximum absolute atomic E-state index is 8.99. The van der Waals surface area contributed by atoms with E-state index in [-0.39, 0.29) is 31.8 Å². The van der Waals surface area contributed by atoms with E-state index in [1.807, 2.05) is 34.1 Å². The summed E-state index contributed by atoms with van der Waals surface area (Å²) in [4.78, 5) is 3.95. The van der Waals surface area contributed by atoms with Gasteiger partial charge in [-0.25, -0.2) is 0 Å². The molecule has 4 N–H and O–H groups in total. The Morgan fingerprint density at radius 2 is 0.939 bits per heavy atom. The molecule has 0 unspecified atom stereocenters. The summed E-state index contributed by atoms with van der Waals surface area (Å²) < 4.78 is 0. The first-order valence-corrected chi connectivity index (χ1v) is 11.8. The fourth-order valence-corrected chi connectivity index (χ4v) is 3.47. The van der Waals surface area contributed by atoms with Crippen LogP contribution in [0.1, 0.15) is 51.7 Å². The van der Waals surface area contributed by atoms with E-state index < -0.39 is 0 Å². The Hall–Kier alpha value is -2.12. The van der Waals surface area contributed by atoms with Gasteiger partial charge < -0.3 is 30.2 Å². The van der Waals surface area contributed by atoms with Gasteiger partial charge in [-0.3, -0.25) is 0 Å². The molecule has 186 valence electrons. The van der Waals surface area contributed by atoms with Crippen molar-refractivity contribution in [3.63, 3.8) is 0 Å². The molecular formula is C27H44N2O4. The van der Waals surface area contributed by atoms with E-state index in [1.54, 1.807) is 0 Å². The Labute approximate surface area is 200 Å². The minimum atomic E-state index is 0.0982. The van der Waals surface area contributed by atoms with Crippen LogP contribution in [-0.2, 0) is 5.41 Å². The smallest absolute Gasteiger partial charge is 0.0606 e. The third-order valence-corrected chi connectivity index (χ3v) is 5.50. The number of nitrogens with zero attached hydrogens (tertiary/aromatic N) is 2. The number of hydrogen-bond acceptors (Lipinski definition) is 6. The van der Waals surface area contributed by atoms with Crippen LogP contribution in [0.4, 0.5) is 11.4 Å².